The second-order valence-corrected chi connectivity index (χ2v) is 5.55. The standard InChI is InChI=1S/C12H11IN2OS/c13-10-4-2-1-3-9(10)12(16)15-6-5-11-14-7-8-17-11/h1-4,7-8H,5-6H2,(H,15,16). The van der Waals surface area contributed by atoms with Gasteiger partial charge in [-0.15, -0.1) is 11.3 Å². The van der Waals surface area contributed by atoms with Gasteiger partial charge in [-0.3, -0.25) is 4.79 Å². The fourth-order valence-corrected chi connectivity index (χ4v) is 2.65. The minimum Gasteiger partial charge on any atom is -0.352 e. The summed E-state index contributed by atoms with van der Waals surface area (Å²) >= 11 is 3.78. The van der Waals surface area contributed by atoms with Gasteiger partial charge in [-0.2, -0.15) is 0 Å². The molecular formula is C12H11IN2OS. The Hall–Kier alpha value is -0.950. The van der Waals surface area contributed by atoms with Gasteiger partial charge in [0.05, 0.1) is 10.6 Å². The summed E-state index contributed by atoms with van der Waals surface area (Å²) in [5, 5.41) is 5.89. The van der Waals surface area contributed by atoms with Gasteiger partial charge in [-0.25, -0.2) is 4.98 Å². The zero-order chi connectivity index (χ0) is 12.1. The lowest BCUT2D eigenvalue weighted by Gasteiger charge is -2.05. The quantitative estimate of drug-likeness (QED) is 0.854. The molecule has 0 aliphatic carbocycles. The summed E-state index contributed by atoms with van der Waals surface area (Å²) in [6.45, 7) is 0.622. The maximum Gasteiger partial charge on any atom is 0.252 e. The van der Waals surface area contributed by atoms with Crippen LogP contribution in [0.3, 0.4) is 0 Å². The van der Waals surface area contributed by atoms with Gasteiger partial charge in [0.2, 0.25) is 0 Å². The number of hydrogen-bond acceptors (Lipinski definition) is 3. The van der Waals surface area contributed by atoms with Crippen LogP contribution in [0.15, 0.2) is 35.8 Å². The number of rotatable bonds is 4. The molecule has 3 nitrogen and oxygen atoms in total. The number of hydrogen-bond donors (Lipinski definition) is 1. The number of nitrogens with one attached hydrogen (secondary N) is 1. The first kappa shape index (κ1) is 12.5. The molecule has 2 aromatic rings. The molecule has 1 aromatic carbocycles. The molecule has 1 aromatic heterocycles. The lowest BCUT2D eigenvalue weighted by atomic mass is 10.2. The van der Waals surface area contributed by atoms with Gasteiger partial charge in [-0.1, -0.05) is 12.1 Å². The number of benzene rings is 1. The Morgan fingerprint density at radius 3 is 2.94 bits per heavy atom. The SMILES string of the molecule is O=C(NCCc1nccs1)c1ccccc1I. The first-order valence-corrected chi connectivity index (χ1v) is 7.14. The Kier molecular flexibility index (Phi) is 4.49. The van der Waals surface area contributed by atoms with E-state index < -0.39 is 0 Å². The molecule has 88 valence electrons. The molecular weight excluding hydrogens is 347 g/mol. The first-order chi connectivity index (χ1) is 8.27. The van der Waals surface area contributed by atoms with E-state index in [9.17, 15) is 4.79 Å². The van der Waals surface area contributed by atoms with Gasteiger partial charge in [0.25, 0.3) is 5.91 Å². The first-order valence-electron chi connectivity index (χ1n) is 5.18. The molecule has 0 aliphatic rings. The molecule has 0 saturated heterocycles. The molecule has 0 atom stereocenters. The van der Waals surface area contributed by atoms with Crippen LogP contribution in [-0.4, -0.2) is 17.4 Å². The summed E-state index contributed by atoms with van der Waals surface area (Å²) in [5.41, 5.74) is 0.729. The molecule has 17 heavy (non-hydrogen) atoms. The number of amides is 1. The van der Waals surface area contributed by atoms with Crippen LogP contribution in [0.4, 0.5) is 0 Å². The van der Waals surface area contributed by atoms with Crippen molar-refractivity contribution in [1.29, 1.82) is 0 Å². The highest BCUT2D eigenvalue weighted by molar-refractivity contribution is 14.1. The molecule has 5 heteroatoms. The van der Waals surface area contributed by atoms with Gasteiger partial charge in [0.1, 0.15) is 0 Å². The topological polar surface area (TPSA) is 42.0 Å². The predicted molar refractivity (Wildman–Crippen MR) is 77.3 cm³/mol. The summed E-state index contributed by atoms with van der Waals surface area (Å²) in [6, 6.07) is 7.56. The Bertz CT molecular complexity index is 499. The molecule has 0 fully saturated rings. The Morgan fingerprint density at radius 2 is 2.24 bits per heavy atom. The second-order valence-electron chi connectivity index (χ2n) is 3.41. The molecule has 0 bridgehead atoms. The van der Waals surface area contributed by atoms with Crippen LogP contribution < -0.4 is 5.32 Å². The number of halogens is 1. The molecule has 0 unspecified atom stereocenters. The van der Waals surface area contributed by atoms with Gasteiger partial charge < -0.3 is 5.32 Å². The summed E-state index contributed by atoms with van der Waals surface area (Å²) in [7, 11) is 0. The van der Waals surface area contributed by atoms with Gasteiger partial charge >= 0.3 is 0 Å². The largest absolute Gasteiger partial charge is 0.352 e. The third kappa shape index (κ3) is 3.50. The molecule has 1 heterocycles. The van der Waals surface area contributed by atoms with Crippen molar-refractivity contribution in [2.24, 2.45) is 0 Å². The van der Waals surface area contributed by atoms with Crippen molar-refractivity contribution >= 4 is 39.8 Å². The van der Waals surface area contributed by atoms with Crippen LogP contribution in [0.2, 0.25) is 0 Å². The minimum absolute atomic E-state index is 0.0217. The smallest absolute Gasteiger partial charge is 0.252 e. The van der Waals surface area contributed by atoms with Crippen molar-refractivity contribution in [3.05, 3.63) is 50.0 Å². The summed E-state index contributed by atoms with van der Waals surface area (Å²) in [5.74, 6) is -0.0217. The lowest BCUT2D eigenvalue weighted by molar-refractivity contribution is 0.0953. The number of carbonyl (C=O) groups is 1. The number of aromatic nitrogens is 1. The lowest BCUT2D eigenvalue weighted by Crippen LogP contribution is -2.26. The molecule has 0 saturated carbocycles. The second kappa shape index (κ2) is 6.11. The highest BCUT2D eigenvalue weighted by atomic mass is 127. The van der Waals surface area contributed by atoms with Crippen molar-refractivity contribution < 1.29 is 4.79 Å². The van der Waals surface area contributed by atoms with Crippen molar-refractivity contribution in [2.75, 3.05) is 6.54 Å². The predicted octanol–water partition coefficient (Wildman–Crippen LogP) is 2.72. The zero-order valence-corrected chi connectivity index (χ0v) is 12.0. The average Bonchev–Trinajstić information content (AvgIpc) is 2.82. The highest BCUT2D eigenvalue weighted by Gasteiger charge is 2.08. The maximum atomic E-state index is 11.9. The third-order valence-corrected chi connectivity index (χ3v) is 4.01. The normalized spacial score (nSPS) is 10.2. The van der Waals surface area contributed by atoms with E-state index in [0.717, 1.165) is 20.6 Å². The Balaban J connectivity index is 1.88. The molecule has 1 N–H and O–H groups in total. The molecule has 0 radical (unpaired) electrons. The third-order valence-electron chi connectivity index (χ3n) is 2.23. The monoisotopic (exact) mass is 358 g/mol. The Morgan fingerprint density at radius 1 is 1.41 bits per heavy atom. The van der Waals surface area contributed by atoms with Crippen molar-refractivity contribution in [3.8, 4) is 0 Å². The van der Waals surface area contributed by atoms with Crippen LogP contribution in [0.5, 0.6) is 0 Å². The maximum absolute atomic E-state index is 11.9. The van der Waals surface area contributed by atoms with E-state index in [2.05, 4.69) is 32.9 Å². The molecule has 0 aliphatic heterocycles. The van der Waals surface area contributed by atoms with Crippen molar-refractivity contribution in [2.45, 2.75) is 6.42 Å². The number of thiazole rings is 1. The average molecular weight is 358 g/mol. The van der Waals surface area contributed by atoms with Crippen molar-refractivity contribution in [3.63, 3.8) is 0 Å². The van der Waals surface area contributed by atoms with E-state index in [0.29, 0.717) is 6.54 Å². The van der Waals surface area contributed by atoms with Crippen LogP contribution in [-0.2, 0) is 6.42 Å². The summed E-state index contributed by atoms with van der Waals surface area (Å²) in [6.07, 6.45) is 2.56. The molecule has 1 amide bonds. The number of nitrogens with zero attached hydrogens (tertiary/aromatic N) is 1. The van der Waals surface area contributed by atoms with Gasteiger partial charge in [0, 0.05) is 28.1 Å². The fourth-order valence-electron chi connectivity index (χ4n) is 1.40. The number of carbonyl (C=O) groups excluding carboxylic acids is 1. The van der Waals surface area contributed by atoms with E-state index in [-0.39, 0.29) is 5.91 Å². The Labute approximate surface area is 117 Å². The summed E-state index contributed by atoms with van der Waals surface area (Å²) < 4.78 is 0.969. The van der Waals surface area contributed by atoms with Gasteiger partial charge in [0.15, 0.2) is 0 Å². The van der Waals surface area contributed by atoms with E-state index >= 15 is 0 Å². The fraction of sp³-hybridized carbons (Fsp3) is 0.167. The molecule has 2 rings (SSSR count). The van der Waals surface area contributed by atoms with E-state index in [1.54, 1.807) is 17.5 Å². The van der Waals surface area contributed by atoms with E-state index in [1.807, 2.05) is 29.6 Å². The molecule has 0 spiro atoms. The van der Waals surface area contributed by atoms with E-state index in [4.69, 9.17) is 0 Å². The van der Waals surface area contributed by atoms with Crippen LogP contribution in [0.25, 0.3) is 0 Å². The zero-order valence-electron chi connectivity index (χ0n) is 9.02. The van der Waals surface area contributed by atoms with Crippen LogP contribution in [0, 0.1) is 3.57 Å². The van der Waals surface area contributed by atoms with Crippen LogP contribution in [0.1, 0.15) is 15.4 Å². The van der Waals surface area contributed by atoms with E-state index in [1.165, 1.54) is 0 Å². The highest BCUT2D eigenvalue weighted by Crippen LogP contribution is 2.11. The van der Waals surface area contributed by atoms with Gasteiger partial charge in [-0.05, 0) is 34.7 Å². The van der Waals surface area contributed by atoms with Crippen LogP contribution >= 0.6 is 33.9 Å². The summed E-state index contributed by atoms with van der Waals surface area (Å²) in [4.78, 5) is 16.0. The minimum atomic E-state index is -0.0217. The van der Waals surface area contributed by atoms with Crippen molar-refractivity contribution in [1.82, 2.24) is 10.3 Å².